The molecule has 3 nitrogen and oxygen atoms in total. The van der Waals surface area contributed by atoms with Gasteiger partial charge >= 0.3 is 0 Å². The summed E-state index contributed by atoms with van der Waals surface area (Å²) in [7, 11) is 0. The van der Waals surface area contributed by atoms with Crippen LogP contribution in [0.2, 0.25) is 5.02 Å². The molecule has 1 N–H and O–H groups in total. The zero-order valence-corrected chi connectivity index (χ0v) is 9.50. The van der Waals surface area contributed by atoms with E-state index < -0.39 is 5.82 Å². The van der Waals surface area contributed by atoms with Crippen LogP contribution in [0.1, 0.15) is 6.92 Å². The minimum atomic E-state index is -0.443. The summed E-state index contributed by atoms with van der Waals surface area (Å²) < 4.78 is 15.4. The Hall–Kier alpha value is -1.55. The van der Waals surface area contributed by atoms with E-state index in [4.69, 9.17) is 11.6 Å². The summed E-state index contributed by atoms with van der Waals surface area (Å²) in [6.07, 6.45) is 3.30. The molecule has 1 aromatic carbocycles. The number of hydrogen-bond donors (Lipinski definition) is 1. The van der Waals surface area contributed by atoms with Crippen molar-refractivity contribution in [3.63, 3.8) is 0 Å². The standard InChI is InChI=1S/C11H11ClFN3/c1-2-14-11-15-6-7-16(11)9-5-3-4-8(12)10(9)13/h3-7H,2H2,1H3,(H,14,15). The van der Waals surface area contributed by atoms with Crippen molar-refractivity contribution in [1.82, 2.24) is 9.55 Å². The number of benzene rings is 1. The maximum atomic E-state index is 13.8. The van der Waals surface area contributed by atoms with Gasteiger partial charge in [0.25, 0.3) is 0 Å². The molecule has 16 heavy (non-hydrogen) atoms. The second-order valence-electron chi connectivity index (χ2n) is 3.22. The summed E-state index contributed by atoms with van der Waals surface area (Å²) >= 11 is 5.73. The SMILES string of the molecule is CCNc1nccn1-c1cccc(Cl)c1F. The first kappa shape index (κ1) is 11.0. The van der Waals surface area contributed by atoms with Gasteiger partial charge in [0.1, 0.15) is 0 Å². The van der Waals surface area contributed by atoms with Gasteiger partial charge < -0.3 is 5.32 Å². The zero-order chi connectivity index (χ0) is 11.5. The Morgan fingerprint density at radius 3 is 3.06 bits per heavy atom. The van der Waals surface area contributed by atoms with Crippen molar-refractivity contribution in [3.05, 3.63) is 41.4 Å². The Kier molecular flexibility index (Phi) is 3.10. The van der Waals surface area contributed by atoms with Crippen molar-refractivity contribution < 1.29 is 4.39 Å². The number of nitrogens with zero attached hydrogens (tertiary/aromatic N) is 2. The number of rotatable bonds is 3. The van der Waals surface area contributed by atoms with Crippen LogP contribution in [0.3, 0.4) is 0 Å². The first-order valence-electron chi connectivity index (χ1n) is 4.95. The molecule has 1 heterocycles. The van der Waals surface area contributed by atoms with Crippen LogP contribution in [0.25, 0.3) is 5.69 Å². The van der Waals surface area contributed by atoms with E-state index in [9.17, 15) is 4.39 Å². The molecule has 2 rings (SSSR count). The monoisotopic (exact) mass is 239 g/mol. The van der Waals surface area contributed by atoms with Crippen molar-refractivity contribution in [2.24, 2.45) is 0 Å². The van der Waals surface area contributed by atoms with E-state index in [0.717, 1.165) is 6.54 Å². The summed E-state index contributed by atoms with van der Waals surface area (Å²) in [6.45, 7) is 2.67. The van der Waals surface area contributed by atoms with E-state index in [1.54, 1.807) is 29.1 Å². The fraction of sp³-hybridized carbons (Fsp3) is 0.182. The molecule has 0 bridgehead atoms. The normalized spacial score (nSPS) is 10.4. The van der Waals surface area contributed by atoms with E-state index in [0.29, 0.717) is 11.6 Å². The highest BCUT2D eigenvalue weighted by Gasteiger charge is 2.10. The van der Waals surface area contributed by atoms with Crippen molar-refractivity contribution in [1.29, 1.82) is 0 Å². The lowest BCUT2D eigenvalue weighted by Gasteiger charge is -2.09. The Labute approximate surface area is 97.9 Å². The average Bonchev–Trinajstić information content (AvgIpc) is 2.71. The zero-order valence-electron chi connectivity index (χ0n) is 8.74. The quantitative estimate of drug-likeness (QED) is 0.892. The number of halogens is 2. The van der Waals surface area contributed by atoms with Gasteiger partial charge in [-0.1, -0.05) is 17.7 Å². The topological polar surface area (TPSA) is 29.9 Å². The second kappa shape index (κ2) is 4.53. The molecule has 0 aliphatic heterocycles. The summed E-state index contributed by atoms with van der Waals surface area (Å²) in [5.74, 6) is 0.157. The summed E-state index contributed by atoms with van der Waals surface area (Å²) in [4.78, 5) is 4.10. The van der Waals surface area contributed by atoms with Crippen LogP contribution >= 0.6 is 11.6 Å². The molecule has 0 saturated heterocycles. The largest absolute Gasteiger partial charge is 0.356 e. The molecule has 0 aliphatic rings. The molecule has 84 valence electrons. The fourth-order valence-corrected chi connectivity index (χ4v) is 1.63. The predicted octanol–water partition coefficient (Wildman–Crippen LogP) is 3.10. The van der Waals surface area contributed by atoms with Gasteiger partial charge in [0.2, 0.25) is 5.95 Å². The first-order chi connectivity index (χ1) is 7.74. The third-order valence-corrected chi connectivity index (χ3v) is 2.46. The molecule has 0 saturated carbocycles. The van der Waals surface area contributed by atoms with Crippen LogP contribution in [0, 0.1) is 5.82 Å². The van der Waals surface area contributed by atoms with Crippen molar-refractivity contribution in [2.75, 3.05) is 11.9 Å². The third kappa shape index (κ3) is 1.88. The maximum Gasteiger partial charge on any atom is 0.207 e. The van der Waals surface area contributed by atoms with E-state index in [-0.39, 0.29) is 5.02 Å². The second-order valence-corrected chi connectivity index (χ2v) is 3.63. The van der Waals surface area contributed by atoms with Crippen molar-refractivity contribution in [3.8, 4) is 5.69 Å². The lowest BCUT2D eigenvalue weighted by Crippen LogP contribution is -2.06. The van der Waals surface area contributed by atoms with Crippen LogP contribution in [-0.4, -0.2) is 16.1 Å². The van der Waals surface area contributed by atoms with Crippen molar-refractivity contribution in [2.45, 2.75) is 6.92 Å². The van der Waals surface area contributed by atoms with Gasteiger partial charge in [0.15, 0.2) is 5.82 Å². The van der Waals surface area contributed by atoms with Crippen LogP contribution < -0.4 is 5.32 Å². The van der Waals surface area contributed by atoms with Crippen LogP contribution in [0.5, 0.6) is 0 Å². The summed E-state index contributed by atoms with van der Waals surface area (Å²) in [5.41, 5.74) is 0.390. The lowest BCUT2D eigenvalue weighted by molar-refractivity contribution is 0.619. The molecule has 2 aromatic rings. The first-order valence-corrected chi connectivity index (χ1v) is 5.33. The highest BCUT2D eigenvalue weighted by molar-refractivity contribution is 6.30. The van der Waals surface area contributed by atoms with Gasteiger partial charge in [-0.25, -0.2) is 9.37 Å². The molecule has 0 fully saturated rings. The minimum Gasteiger partial charge on any atom is -0.356 e. The van der Waals surface area contributed by atoms with Gasteiger partial charge in [-0.3, -0.25) is 4.57 Å². The molecule has 0 atom stereocenters. The Morgan fingerprint density at radius 1 is 1.50 bits per heavy atom. The van der Waals surface area contributed by atoms with E-state index in [2.05, 4.69) is 10.3 Å². The molecule has 0 amide bonds. The molecular formula is C11H11ClFN3. The predicted molar refractivity (Wildman–Crippen MR) is 62.7 cm³/mol. The summed E-state index contributed by atoms with van der Waals surface area (Å²) in [6, 6.07) is 4.88. The minimum absolute atomic E-state index is 0.105. The Morgan fingerprint density at radius 2 is 2.31 bits per heavy atom. The van der Waals surface area contributed by atoms with E-state index in [1.807, 2.05) is 6.92 Å². The van der Waals surface area contributed by atoms with E-state index in [1.165, 1.54) is 6.07 Å². The smallest absolute Gasteiger partial charge is 0.207 e. The van der Waals surface area contributed by atoms with Gasteiger partial charge in [-0.05, 0) is 19.1 Å². The fourth-order valence-electron chi connectivity index (χ4n) is 1.47. The maximum absolute atomic E-state index is 13.8. The van der Waals surface area contributed by atoms with Gasteiger partial charge in [-0.2, -0.15) is 0 Å². The van der Waals surface area contributed by atoms with Gasteiger partial charge in [0.05, 0.1) is 10.7 Å². The Bertz CT molecular complexity index is 496. The molecule has 0 aliphatic carbocycles. The molecule has 0 radical (unpaired) electrons. The number of nitrogens with one attached hydrogen (secondary N) is 1. The molecule has 0 unspecified atom stereocenters. The van der Waals surface area contributed by atoms with Gasteiger partial charge in [-0.15, -0.1) is 0 Å². The Balaban J connectivity index is 2.50. The average molecular weight is 240 g/mol. The highest BCUT2D eigenvalue weighted by atomic mass is 35.5. The molecule has 0 spiro atoms. The van der Waals surface area contributed by atoms with Crippen molar-refractivity contribution >= 4 is 17.5 Å². The number of hydrogen-bond acceptors (Lipinski definition) is 2. The number of anilines is 1. The third-order valence-electron chi connectivity index (χ3n) is 2.17. The number of aromatic nitrogens is 2. The van der Waals surface area contributed by atoms with Gasteiger partial charge in [0, 0.05) is 18.9 Å². The number of imidazole rings is 1. The molecule has 5 heteroatoms. The summed E-state index contributed by atoms with van der Waals surface area (Å²) in [5, 5.41) is 3.15. The van der Waals surface area contributed by atoms with Crippen LogP contribution in [-0.2, 0) is 0 Å². The van der Waals surface area contributed by atoms with E-state index >= 15 is 0 Å². The highest BCUT2D eigenvalue weighted by Crippen LogP contribution is 2.23. The molecule has 1 aromatic heterocycles. The lowest BCUT2D eigenvalue weighted by atomic mass is 10.3. The van der Waals surface area contributed by atoms with Crippen LogP contribution in [0.15, 0.2) is 30.6 Å². The molecular weight excluding hydrogens is 229 g/mol. The van der Waals surface area contributed by atoms with Crippen LogP contribution in [0.4, 0.5) is 10.3 Å².